The van der Waals surface area contributed by atoms with E-state index in [2.05, 4.69) is 9.88 Å². The Morgan fingerprint density at radius 1 is 1.33 bits per heavy atom. The zero-order valence-electron chi connectivity index (χ0n) is 14.7. The summed E-state index contributed by atoms with van der Waals surface area (Å²) in [4.78, 5) is 33.2. The molecule has 3 rings (SSSR count). The van der Waals surface area contributed by atoms with E-state index in [9.17, 15) is 9.59 Å². The Bertz CT molecular complexity index is 596. The van der Waals surface area contributed by atoms with E-state index in [0.29, 0.717) is 18.7 Å². The zero-order valence-corrected chi connectivity index (χ0v) is 14.7. The first-order chi connectivity index (χ1) is 11.6. The van der Waals surface area contributed by atoms with E-state index >= 15 is 0 Å². The van der Waals surface area contributed by atoms with Crippen LogP contribution in [0.5, 0.6) is 0 Å². The summed E-state index contributed by atoms with van der Waals surface area (Å²) < 4.78 is 0. The highest BCUT2D eigenvalue weighted by Crippen LogP contribution is 2.43. The molecule has 1 saturated carbocycles. The summed E-state index contributed by atoms with van der Waals surface area (Å²) in [5.41, 5.74) is 0.563. The van der Waals surface area contributed by atoms with Crippen molar-refractivity contribution in [2.45, 2.75) is 64.0 Å². The van der Waals surface area contributed by atoms with E-state index < -0.39 is 0 Å². The van der Waals surface area contributed by atoms with Gasteiger partial charge in [0.2, 0.25) is 5.91 Å². The molecule has 1 aliphatic carbocycles. The lowest BCUT2D eigenvalue weighted by molar-refractivity contribution is -0.130. The molecule has 1 aromatic heterocycles. The number of likely N-dealkylation sites (N-methyl/N-ethyl adjacent to an activating group) is 1. The van der Waals surface area contributed by atoms with Gasteiger partial charge in [0.05, 0.1) is 11.6 Å². The van der Waals surface area contributed by atoms with Crippen molar-refractivity contribution in [3.63, 3.8) is 0 Å². The van der Waals surface area contributed by atoms with E-state index in [1.54, 1.807) is 19.3 Å². The predicted octanol–water partition coefficient (Wildman–Crippen LogP) is 2.87. The third kappa shape index (κ3) is 3.04. The molecule has 1 aromatic rings. The molecule has 5 nitrogen and oxygen atoms in total. The van der Waals surface area contributed by atoms with Crippen LogP contribution in [0.15, 0.2) is 24.5 Å². The van der Waals surface area contributed by atoms with Crippen molar-refractivity contribution in [1.29, 1.82) is 0 Å². The van der Waals surface area contributed by atoms with Gasteiger partial charge in [-0.1, -0.05) is 19.3 Å². The normalized spacial score (nSPS) is 22.6. The first kappa shape index (κ1) is 16.9. The van der Waals surface area contributed by atoms with Crippen LogP contribution in [0.4, 0.5) is 0 Å². The minimum atomic E-state index is -0.0846. The first-order valence-electron chi connectivity index (χ1n) is 9.06. The lowest BCUT2D eigenvalue weighted by Crippen LogP contribution is -2.48. The Labute approximate surface area is 144 Å². The number of amides is 2. The van der Waals surface area contributed by atoms with E-state index in [0.717, 1.165) is 32.1 Å². The van der Waals surface area contributed by atoms with Crippen molar-refractivity contribution >= 4 is 11.8 Å². The highest BCUT2D eigenvalue weighted by molar-refractivity contribution is 5.94. The molecule has 0 radical (unpaired) electrons. The average molecular weight is 329 g/mol. The second-order valence-electron chi connectivity index (χ2n) is 7.11. The molecule has 1 unspecified atom stereocenters. The van der Waals surface area contributed by atoms with Gasteiger partial charge in [0, 0.05) is 37.9 Å². The van der Waals surface area contributed by atoms with Gasteiger partial charge in [0.15, 0.2) is 0 Å². The van der Waals surface area contributed by atoms with Crippen molar-refractivity contribution in [2.24, 2.45) is 0 Å². The first-order valence-corrected chi connectivity index (χ1v) is 9.06. The minimum absolute atomic E-state index is 0.0621. The van der Waals surface area contributed by atoms with Crippen molar-refractivity contribution < 1.29 is 9.59 Å². The van der Waals surface area contributed by atoms with Gasteiger partial charge in [0.25, 0.3) is 5.91 Å². The number of rotatable bonds is 3. The Kier molecular flexibility index (Phi) is 4.88. The number of likely N-dealkylation sites (tertiary alicyclic amines) is 1. The van der Waals surface area contributed by atoms with Gasteiger partial charge in [-0.25, -0.2) is 0 Å². The molecule has 1 saturated heterocycles. The van der Waals surface area contributed by atoms with Crippen LogP contribution in [0.3, 0.4) is 0 Å². The third-order valence-electron chi connectivity index (χ3n) is 5.71. The summed E-state index contributed by atoms with van der Waals surface area (Å²) in [6.45, 7) is 4.98. The molecule has 1 aliphatic heterocycles. The van der Waals surface area contributed by atoms with Crippen molar-refractivity contribution in [2.75, 3.05) is 13.1 Å². The fourth-order valence-electron chi connectivity index (χ4n) is 4.59. The van der Waals surface area contributed by atoms with Gasteiger partial charge in [-0.05, 0) is 38.3 Å². The summed E-state index contributed by atoms with van der Waals surface area (Å²) in [6.07, 6.45) is 9.91. The monoisotopic (exact) mass is 329 g/mol. The molecule has 2 heterocycles. The number of aromatic nitrogens is 1. The van der Waals surface area contributed by atoms with Crippen LogP contribution in [-0.2, 0) is 4.79 Å². The lowest BCUT2D eigenvalue weighted by atomic mass is 9.79. The number of nitrogens with zero attached hydrogens (tertiary/aromatic N) is 3. The highest BCUT2D eigenvalue weighted by atomic mass is 16.2. The maximum absolute atomic E-state index is 13.1. The second-order valence-corrected chi connectivity index (χ2v) is 7.11. The quantitative estimate of drug-likeness (QED) is 0.857. The van der Waals surface area contributed by atoms with Crippen molar-refractivity contribution in [3.8, 4) is 0 Å². The molecule has 5 heteroatoms. The van der Waals surface area contributed by atoms with Gasteiger partial charge < -0.3 is 9.80 Å². The van der Waals surface area contributed by atoms with Crippen molar-refractivity contribution in [1.82, 2.24) is 14.8 Å². The molecule has 0 bridgehead atoms. The number of pyridine rings is 1. The fourth-order valence-corrected chi connectivity index (χ4v) is 4.59. The maximum Gasteiger partial charge on any atom is 0.255 e. The van der Waals surface area contributed by atoms with E-state index in [4.69, 9.17) is 0 Å². The van der Waals surface area contributed by atoms with Gasteiger partial charge in [-0.3, -0.25) is 14.6 Å². The Morgan fingerprint density at radius 2 is 2.08 bits per heavy atom. The van der Waals surface area contributed by atoms with Crippen LogP contribution in [0.25, 0.3) is 0 Å². The third-order valence-corrected chi connectivity index (χ3v) is 5.71. The van der Waals surface area contributed by atoms with E-state index in [1.165, 1.54) is 6.42 Å². The Hall–Kier alpha value is -1.91. The Balaban J connectivity index is 1.89. The number of hydrogen-bond donors (Lipinski definition) is 0. The molecule has 24 heavy (non-hydrogen) atoms. The largest absolute Gasteiger partial charge is 0.338 e. The number of carbonyl (C=O) groups excluding carboxylic acids is 2. The SMILES string of the molecule is CCN(C(C)=O)C1CN(C(=O)c2cccnc2)C2(CCCCC2)C1. The van der Waals surface area contributed by atoms with Gasteiger partial charge in [-0.2, -0.15) is 0 Å². The van der Waals surface area contributed by atoms with Gasteiger partial charge >= 0.3 is 0 Å². The molecular formula is C19H27N3O2. The predicted molar refractivity (Wildman–Crippen MR) is 92.6 cm³/mol. The van der Waals surface area contributed by atoms with Crippen LogP contribution in [0, 0.1) is 0 Å². The van der Waals surface area contributed by atoms with Crippen LogP contribution < -0.4 is 0 Å². The van der Waals surface area contributed by atoms with E-state index in [-0.39, 0.29) is 23.4 Å². The number of hydrogen-bond acceptors (Lipinski definition) is 3. The number of carbonyl (C=O) groups is 2. The summed E-state index contributed by atoms with van der Waals surface area (Å²) in [7, 11) is 0. The minimum Gasteiger partial charge on any atom is -0.338 e. The molecule has 130 valence electrons. The summed E-state index contributed by atoms with van der Waals surface area (Å²) in [5, 5.41) is 0. The van der Waals surface area contributed by atoms with Gasteiger partial charge in [0.1, 0.15) is 0 Å². The molecule has 0 aromatic carbocycles. The average Bonchev–Trinajstić information content (AvgIpc) is 2.94. The summed E-state index contributed by atoms with van der Waals surface area (Å²) in [5.74, 6) is 0.163. The molecule has 0 N–H and O–H groups in total. The zero-order chi connectivity index (χ0) is 17.2. The van der Waals surface area contributed by atoms with Gasteiger partial charge in [-0.15, -0.1) is 0 Å². The molecule has 1 atom stereocenters. The molecule has 1 spiro atoms. The van der Waals surface area contributed by atoms with Crippen LogP contribution >= 0.6 is 0 Å². The Morgan fingerprint density at radius 3 is 2.67 bits per heavy atom. The smallest absolute Gasteiger partial charge is 0.255 e. The van der Waals surface area contributed by atoms with Crippen LogP contribution in [0.2, 0.25) is 0 Å². The molecular weight excluding hydrogens is 302 g/mol. The van der Waals surface area contributed by atoms with Crippen LogP contribution in [0.1, 0.15) is 62.7 Å². The molecule has 2 fully saturated rings. The van der Waals surface area contributed by atoms with Crippen molar-refractivity contribution in [3.05, 3.63) is 30.1 Å². The second kappa shape index (κ2) is 6.91. The van der Waals surface area contributed by atoms with E-state index in [1.807, 2.05) is 24.0 Å². The van der Waals surface area contributed by atoms with Crippen LogP contribution in [-0.4, -0.2) is 51.3 Å². The maximum atomic E-state index is 13.1. The highest BCUT2D eigenvalue weighted by Gasteiger charge is 2.49. The lowest BCUT2D eigenvalue weighted by Gasteiger charge is -2.41. The topological polar surface area (TPSA) is 53.5 Å². The standard InChI is InChI=1S/C19H27N3O2/c1-3-21(15(2)23)17-12-19(9-5-4-6-10-19)22(14-17)18(24)16-8-7-11-20-13-16/h7-8,11,13,17H,3-6,9-10,12,14H2,1-2H3. The molecule has 2 aliphatic rings. The summed E-state index contributed by atoms with van der Waals surface area (Å²) in [6, 6.07) is 3.77. The fraction of sp³-hybridized carbons (Fsp3) is 0.632. The summed E-state index contributed by atoms with van der Waals surface area (Å²) >= 11 is 0. The molecule has 2 amide bonds.